The first-order valence-corrected chi connectivity index (χ1v) is 8.05. The van der Waals surface area contributed by atoms with E-state index in [0.717, 1.165) is 22.7 Å². The Labute approximate surface area is 130 Å². The molecule has 2 rings (SSSR count). The van der Waals surface area contributed by atoms with Crippen LogP contribution in [0.1, 0.15) is 30.3 Å². The van der Waals surface area contributed by atoms with Gasteiger partial charge in [-0.3, -0.25) is 0 Å². The van der Waals surface area contributed by atoms with E-state index in [1.54, 1.807) is 11.3 Å². The molecular weight excluding hydrogens is 288 g/mol. The van der Waals surface area contributed by atoms with E-state index in [1.807, 2.05) is 13.0 Å². The van der Waals surface area contributed by atoms with Gasteiger partial charge in [-0.05, 0) is 43.0 Å². The largest absolute Gasteiger partial charge is 0.370 e. The minimum atomic E-state index is 0.00963. The van der Waals surface area contributed by atoms with Crippen LogP contribution < -0.4 is 10.6 Å². The highest BCUT2D eigenvalue weighted by Crippen LogP contribution is 2.29. The molecule has 20 heavy (non-hydrogen) atoms. The third-order valence-corrected chi connectivity index (χ3v) is 4.82. The molecule has 4 heteroatoms. The molecule has 0 spiro atoms. The third kappa shape index (κ3) is 3.54. The molecule has 0 fully saturated rings. The second-order valence-electron chi connectivity index (χ2n) is 5.24. The Bertz CT molecular complexity index is 552. The number of thiophene rings is 1. The van der Waals surface area contributed by atoms with Crippen LogP contribution in [-0.2, 0) is 6.42 Å². The molecule has 1 aromatic carbocycles. The van der Waals surface area contributed by atoms with Gasteiger partial charge in [0.1, 0.15) is 0 Å². The molecule has 2 aromatic rings. The van der Waals surface area contributed by atoms with Crippen LogP contribution in [0.15, 0.2) is 35.7 Å². The van der Waals surface area contributed by atoms with Crippen molar-refractivity contribution in [1.82, 2.24) is 0 Å². The second-order valence-corrected chi connectivity index (χ2v) is 6.68. The number of benzene rings is 1. The van der Waals surface area contributed by atoms with Crippen molar-refractivity contribution in [3.63, 3.8) is 0 Å². The van der Waals surface area contributed by atoms with E-state index in [2.05, 4.69) is 48.5 Å². The number of rotatable bonds is 5. The number of halogens is 1. The smallest absolute Gasteiger partial charge is 0.0642 e. The molecule has 0 radical (unpaired) electrons. The molecule has 2 atom stereocenters. The lowest BCUT2D eigenvalue weighted by molar-refractivity contribution is 0.688. The molecule has 1 aromatic heterocycles. The molecule has 0 aliphatic carbocycles. The number of nitrogens with zero attached hydrogens (tertiary/aromatic N) is 1. The van der Waals surface area contributed by atoms with Crippen LogP contribution in [0.5, 0.6) is 0 Å². The average molecular weight is 309 g/mol. The van der Waals surface area contributed by atoms with Crippen molar-refractivity contribution < 1.29 is 0 Å². The summed E-state index contributed by atoms with van der Waals surface area (Å²) in [5.74, 6) is 0. The lowest BCUT2D eigenvalue weighted by Crippen LogP contribution is -2.30. The van der Waals surface area contributed by atoms with Gasteiger partial charge in [-0.15, -0.1) is 11.3 Å². The molecule has 108 valence electrons. The number of likely N-dealkylation sites (N-methyl/N-ethyl adjacent to an activating group) is 1. The number of anilines is 1. The Morgan fingerprint density at radius 1 is 1.30 bits per heavy atom. The van der Waals surface area contributed by atoms with E-state index in [4.69, 9.17) is 17.3 Å². The molecule has 0 saturated heterocycles. The average Bonchev–Trinajstić information content (AvgIpc) is 2.90. The molecule has 0 saturated carbocycles. The SMILES string of the molecule is CC(Cc1cccs1)N(C)c1ccc([C@H](C)N)cc1Cl. The maximum atomic E-state index is 6.40. The standard InChI is InChI=1S/C16H21ClN2S/c1-11(9-14-5-4-8-20-14)19(3)16-7-6-13(12(2)18)10-15(16)17/h4-8,10-12H,9,18H2,1-3H3/t11?,12-/m0/s1. The first-order valence-electron chi connectivity index (χ1n) is 6.79. The van der Waals surface area contributed by atoms with Crippen LogP contribution in [-0.4, -0.2) is 13.1 Å². The minimum absolute atomic E-state index is 0.00963. The van der Waals surface area contributed by atoms with Gasteiger partial charge in [-0.25, -0.2) is 0 Å². The predicted molar refractivity (Wildman–Crippen MR) is 89.9 cm³/mol. The van der Waals surface area contributed by atoms with Gasteiger partial charge in [0, 0.05) is 30.4 Å². The normalized spacial score (nSPS) is 14.1. The Balaban J connectivity index is 2.14. The summed E-state index contributed by atoms with van der Waals surface area (Å²) < 4.78 is 0. The fourth-order valence-electron chi connectivity index (χ4n) is 2.19. The number of nitrogens with two attached hydrogens (primary N) is 1. The lowest BCUT2D eigenvalue weighted by Gasteiger charge is -2.28. The monoisotopic (exact) mass is 308 g/mol. The molecule has 1 heterocycles. The Kier molecular flexibility index (Phi) is 5.08. The van der Waals surface area contributed by atoms with Crippen molar-refractivity contribution in [2.24, 2.45) is 5.73 Å². The highest BCUT2D eigenvalue weighted by Gasteiger charge is 2.15. The molecule has 1 unspecified atom stereocenters. The molecular formula is C16H21ClN2S. The van der Waals surface area contributed by atoms with Crippen LogP contribution in [0.3, 0.4) is 0 Å². The predicted octanol–water partition coefficient (Wildman–Crippen LogP) is 4.49. The van der Waals surface area contributed by atoms with Gasteiger partial charge < -0.3 is 10.6 Å². The van der Waals surface area contributed by atoms with Crippen molar-refractivity contribution in [3.05, 3.63) is 51.2 Å². The number of hydrogen-bond acceptors (Lipinski definition) is 3. The van der Waals surface area contributed by atoms with Crippen molar-refractivity contribution in [2.75, 3.05) is 11.9 Å². The third-order valence-electron chi connectivity index (χ3n) is 3.62. The first-order chi connectivity index (χ1) is 9.49. The Morgan fingerprint density at radius 2 is 2.05 bits per heavy atom. The van der Waals surface area contributed by atoms with E-state index < -0.39 is 0 Å². The lowest BCUT2D eigenvalue weighted by atomic mass is 10.1. The summed E-state index contributed by atoms with van der Waals surface area (Å²) in [6, 6.07) is 10.8. The first kappa shape index (κ1) is 15.4. The summed E-state index contributed by atoms with van der Waals surface area (Å²) in [4.78, 5) is 3.63. The van der Waals surface area contributed by atoms with Gasteiger partial charge >= 0.3 is 0 Å². The summed E-state index contributed by atoms with van der Waals surface area (Å²) in [7, 11) is 2.09. The van der Waals surface area contributed by atoms with Crippen LogP contribution in [0.2, 0.25) is 5.02 Å². The van der Waals surface area contributed by atoms with Gasteiger partial charge in [0.25, 0.3) is 0 Å². The fraction of sp³-hybridized carbons (Fsp3) is 0.375. The molecule has 2 nitrogen and oxygen atoms in total. The van der Waals surface area contributed by atoms with E-state index in [9.17, 15) is 0 Å². The fourth-order valence-corrected chi connectivity index (χ4v) is 3.34. The zero-order chi connectivity index (χ0) is 14.7. The van der Waals surface area contributed by atoms with Gasteiger partial charge in [0.05, 0.1) is 10.7 Å². The van der Waals surface area contributed by atoms with Gasteiger partial charge in [0.15, 0.2) is 0 Å². The highest BCUT2D eigenvalue weighted by atomic mass is 35.5. The van der Waals surface area contributed by atoms with Crippen molar-refractivity contribution >= 4 is 28.6 Å². The van der Waals surface area contributed by atoms with Crippen molar-refractivity contribution in [1.29, 1.82) is 0 Å². The van der Waals surface area contributed by atoms with Crippen LogP contribution in [0.25, 0.3) is 0 Å². The number of hydrogen-bond donors (Lipinski definition) is 1. The van der Waals surface area contributed by atoms with Gasteiger partial charge in [-0.1, -0.05) is 23.7 Å². The summed E-state index contributed by atoms with van der Waals surface area (Å²) in [5, 5.41) is 2.88. The highest BCUT2D eigenvalue weighted by molar-refractivity contribution is 7.09. The molecule has 0 bridgehead atoms. The Hall–Kier alpha value is -1.03. The van der Waals surface area contributed by atoms with Gasteiger partial charge in [-0.2, -0.15) is 0 Å². The van der Waals surface area contributed by atoms with Crippen LogP contribution in [0.4, 0.5) is 5.69 Å². The quantitative estimate of drug-likeness (QED) is 0.882. The topological polar surface area (TPSA) is 29.3 Å². The summed E-state index contributed by atoms with van der Waals surface area (Å²) >= 11 is 8.20. The Morgan fingerprint density at radius 3 is 2.60 bits per heavy atom. The van der Waals surface area contributed by atoms with Crippen LogP contribution in [0, 0.1) is 0 Å². The van der Waals surface area contributed by atoms with E-state index in [0.29, 0.717) is 6.04 Å². The molecule has 0 amide bonds. The van der Waals surface area contributed by atoms with Crippen LogP contribution >= 0.6 is 22.9 Å². The summed E-state index contributed by atoms with van der Waals surface area (Å²) in [6.45, 7) is 4.18. The maximum absolute atomic E-state index is 6.40. The van der Waals surface area contributed by atoms with Crippen molar-refractivity contribution in [3.8, 4) is 0 Å². The van der Waals surface area contributed by atoms with E-state index >= 15 is 0 Å². The maximum Gasteiger partial charge on any atom is 0.0642 e. The minimum Gasteiger partial charge on any atom is -0.370 e. The van der Waals surface area contributed by atoms with Crippen molar-refractivity contribution in [2.45, 2.75) is 32.4 Å². The summed E-state index contributed by atoms with van der Waals surface area (Å²) in [6.07, 6.45) is 1.03. The van der Waals surface area contributed by atoms with E-state index in [1.165, 1.54) is 4.88 Å². The zero-order valence-corrected chi connectivity index (χ0v) is 13.7. The van der Waals surface area contributed by atoms with Gasteiger partial charge in [0.2, 0.25) is 0 Å². The molecule has 2 N–H and O–H groups in total. The summed E-state index contributed by atoms with van der Waals surface area (Å²) in [5.41, 5.74) is 8.01. The van der Waals surface area contributed by atoms with E-state index in [-0.39, 0.29) is 6.04 Å². The molecule has 0 aliphatic heterocycles. The second kappa shape index (κ2) is 6.61. The zero-order valence-electron chi connectivity index (χ0n) is 12.1. The molecule has 0 aliphatic rings.